The summed E-state index contributed by atoms with van der Waals surface area (Å²) in [5.74, 6) is 0.983. The predicted molar refractivity (Wildman–Crippen MR) is 62.0 cm³/mol. The standard InChI is InChI=1S/C13H19NO/c1-2-13(14-10-6-7-11-14)15-12-8-4-3-5-9-12/h3-5,8-9,13H,2,6-7,10-11H2,1H3. The molecular weight excluding hydrogens is 186 g/mol. The van der Waals surface area contributed by atoms with Gasteiger partial charge in [0.2, 0.25) is 0 Å². The number of benzene rings is 1. The summed E-state index contributed by atoms with van der Waals surface area (Å²) >= 11 is 0. The van der Waals surface area contributed by atoms with Gasteiger partial charge in [0.15, 0.2) is 6.23 Å². The van der Waals surface area contributed by atoms with E-state index in [4.69, 9.17) is 4.74 Å². The fourth-order valence-corrected chi connectivity index (χ4v) is 2.10. The summed E-state index contributed by atoms with van der Waals surface area (Å²) in [6, 6.07) is 10.1. The van der Waals surface area contributed by atoms with Crippen LogP contribution in [0.15, 0.2) is 30.3 Å². The van der Waals surface area contributed by atoms with Crippen molar-refractivity contribution in [3.8, 4) is 5.75 Å². The average molecular weight is 205 g/mol. The van der Waals surface area contributed by atoms with Gasteiger partial charge in [-0.15, -0.1) is 0 Å². The molecule has 0 bridgehead atoms. The van der Waals surface area contributed by atoms with Gasteiger partial charge < -0.3 is 4.74 Å². The van der Waals surface area contributed by atoms with E-state index >= 15 is 0 Å². The highest BCUT2D eigenvalue weighted by Gasteiger charge is 2.21. The molecule has 1 aliphatic heterocycles. The Balaban J connectivity index is 1.96. The highest BCUT2D eigenvalue weighted by molar-refractivity contribution is 5.21. The minimum Gasteiger partial charge on any atom is -0.475 e. The van der Waals surface area contributed by atoms with Crippen molar-refractivity contribution < 1.29 is 4.74 Å². The smallest absolute Gasteiger partial charge is 0.152 e. The van der Waals surface area contributed by atoms with Crippen LogP contribution in [0.2, 0.25) is 0 Å². The van der Waals surface area contributed by atoms with Gasteiger partial charge in [-0.25, -0.2) is 0 Å². The molecule has 2 rings (SSSR count). The molecule has 1 aromatic carbocycles. The third-order valence-corrected chi connectivity index (χ3v) is 2.91. The molecular formula is C13H19NO. The molecule has 0 aliphatic carbocycles. The van der Waals surface area contributed by atoms with Gasteiger partial charge in [-0.3, -0.25) is 4.90 Å². The number of rotatable bonds is 4. The van der Waals surface area contributed by atoms with E-state index in [1.807, 2.05) is 30.3 Å². The van der Waals surface area contributed by atoms with Gasteiger partial charge >= 0.3 is 0 Å². The second-order valence-corrected chi connectivity index (χ2v) is 4.04. The quantitative estimate of drug-likeness (QED) is 0.749. The van der Waals surface area contributed by atoms with Crippen LogP contribution in [-0.4, -0.2) is 24.2 Å². The molecule has 0 saturated carbocycles. The minimum atomic E-state index is 0.259. The zero-order valence-electron chi connectivity index (χ0n) is 9.36. The van der Waals surface area contributed by atoms with E-state index in [0.717, 1.165) is 12.2 Å². The number of likely N-dealkylation sites (tertiary alicyclic amines) is 1. The van der Waals surface area contributed by atoms with Crippen LogP contribution in [0.25, 0.3) is 0 Å². The SMILES string of the molecule is CCC(Oc1ccccc1)N1CCCC1. The Kier molecular flexibility index (Phi) is 3.62. The molecule has 2 heteroatoms. The van der Waals surface area contributed by atoms with Crippen LogP contribution >= 0.6 is 0 Å². The number of ether oxygens (including phenoxy) is 1. The summed E-state index contributed by atoms with van der Waals surface area (Å²) in [5.41, 5.74) is 0. The number of para-hydroxylation sites is 1. The van der Waals surface area contributed by atoms with E-state index in [1.54, 1.807) is 0 Å². The largest absolute Gasteiger partial charge is 0.475 e. The fourth-order valence-electron chi connectivity index (χ4n) is 2.10. The highest BCUT2D eigenvalue weighted by Crippen LogP contribution is 2.18. The van der Waals surface area contributed by atoms with Crippen molar-refractivity contribution in [2.45, 2.75) is 32.4 Å². The van der Waals surface area contributed by atoms with Crippen molar-refractivity contribution in [1.82, 2.24) is 4.90 Å². The summed E-state index contributed by atoms with van der Waals surface area (Å²) in [4.78, 5) is 2.44. The first-order valence-corrected chi connectivity index (χ1v) is 5.86. The van der Waals surface area contributed by atoms with E-state index in [0.29, 0.717) is 0 Å². The maximum absolute atomic E-state index is 5.97. The van der Waals surface area contributed by atoms with Gasteiger partial charge in [0.1, 0.15) is 5.75 Å². The molecule has 82 valence electrons. The number of nitrogens with zero attached hydrogens (tertiary/aromatic N) is 1. The Morgan fingerprint density at radius 1 is 1.20 bits per heavy atom. The zero-order chi connectivity index (χ0) is 10.5. The molecule has 0 N–H and O–H groups in total. The first kappa shape index (κ1) is 10.5. The molecule has 0 amide bonds. The summed E-state index contributed by atoms with van der Waals surface area (Å²) in [7, 11) is 0. The first-order valence-electron chi connectivity index (χ1n) is 5.86. The molecule has 1 fully saturated rings. The van der Waals surface area contributed by atoms with Crippen molar-refractivity contribution in [3.63, 3.8) is 0 Å². The van der Waals surface area contributed by atoms with Gasteiger partial charge in [0.25, 0.3) is 0 Å². The summed E-state index contributed by atoms with van der Waals surface area (Å²) in [5, 5.41) is 0. The third-order valence-electron chi connectivity index (χ3n) is 2.91. The lowest BCUT2D eigenvalue weighted by molar-refractivity contribution is 0.0402. The van der Waals surface area contributed by atoms with E-state index in [1.165, 1.54) is 25.9 Å². The fraction of sp³-hybridized carbons (Fsp3) is 0.538. The second kappa shape index (κ2) is 5.17. The van der Waals surface area contributed by atoms with E-state index < -0.39 is 0 Å². The van der Waals surface area contributed by atoms with Crippen LogP contribution in [0.4, 0.5) is 0 Å². The molecule has 1 aromatic rings. The average Bonchev–Trinajstić information content (AvgIpc) is 2.81. The minimum absolute atomic E-state index is 0.259. The van der Waals surface area contributed by atoms with Crippen molar-refractivity contribution in [2.24, 2.45) is 0 Å². The summed E-state index contributed by atoms with van der Waals surface area (Å²) in [6.07, 6.45) is 3.94. The molecule has 1 saturated heterocycles. The number of hydrogen-bond donors (Lipinski definition) is 0. The Labute approximate surface area is 91.9 Å². The molecule has 0 radical (unpaired) electrons. The first-order chi connectivity index (χ1) is 7.40. The molecule has 2 nitrogen and oxygen atoms in total. The zero-order valence-corrected chi connectivity index (χ0v) is 9.36. The lowest BCUT2D eigenvalue weighted by Gasteiger charge is -2.27. The predicted octanol–water partition coefficient (Wildman–Crippen LogP) is 2.90. The molecule has 1 heterocycles. The summed E-state index contributed by atoms with van der Waals surface area (Å²) < 4.78 is 5.97. The van der Waals surface area contributed by atoms with Gasteiger partial charge in [-0.1, -0.05) is 25.1 Å². The Hall–Kier alpha value is -1.02. The lowest BCUT2D eigenvalue weighted by atomic mass is 10.3. The van der Waals surface area contributed by atoms with Crippen LogP contribution in [0.5, 0.6) is 5.75 Å². The molecule has 0 spiro atoms. The topological polar surface area (TPSA) is 12.5 Å². The van der Waals surface area contributed by atoms with Crippen molar-refractivity contribution in [3.05, 3.63) is 30.3 Å². The highest BCUT2D eigenvalue weighted by atomic mass is 16.5. The van der Waals surface area contributed by atoms with Crippen LogP contribution < -0.4 is 4.74 Å². The van der Waals surface area contributed by atoms with Gasteiger partial charge in [-0.05, 0) is 31.4 Å². The Morgan fingerprint density at radius 2 is 1.87 bits per heavy atom. The van der Waals surface area contributed by atoms with E-state index in [9.17, 15) is 0 Å². The van der Waals surface area contributed by atoms with Gasteiger partial charge in [0, 0.05) is 13.1 Å². The molecule has 1 unspecified atom stereocenters. The Morgan fingerprint density at radius 3 is 2.47 bits per heavy atom. The molecule has 0 aromatic heterocycles. The van der Waals surface area contributed by atoms with Crippen LogP contribution in [0, 0.1) is 0 Å². The third kappa shape index (κ3) is 2.72. The lowest BCUT2D eigenvalue weighted by Crippen LogP contribution is -2.36. The monoisotopic (exact) mass is 205 g/mol. The van der Waals surface area contributed by atoms with Gasteiger partial charge in [0.05, 0.1) is 0 Å². The molecule has 1 aliphatic rings. The maximum Gasteiger partial charge on any atom is 0.152 e. The maximum atomic E-state index is 5.97. The summed E-state index contributed by atoms with van der Waals surface area (Å²) in [6.45, 7) is 4.56. The molecule has 15 heavy (non-hydrogen) atoms. The van der Waals surface area contributed by atoms with Crippen molar-refractivity contribution in [2.75, 3.05) is 13.1 Å². The molecule has 1 atom stereocenters. The van der Waals surface area contributed by atoms with E-state index in [-0.39, 0.29) is 6.23 Å². The van der Waals surface area contributed by atoms with Crippen LogP contribution in [0.1, 0.15) is 26.2 Å². The normalized spacial score (nSPS) is 19.0. The van der Waals surface area contributed by atoms with Crippen molar-refractivity contribution >= 4 is 0 Å². The second-order valence-electron chi connectivity index (χ2n) is 4.04. The van der Waals surface area contributed by atoms with Gasteiger partial charge in [-0.2, -0.15) is 0 Å². The van der Waals surface area contributed by atoms with Crippen LogP contribution in [-0.2, 0) is 0 Å². The van der Waals surface area contributed by atoms with Crippen molar-refractivity contribution in [1.29, 1.82) is 0 Å². The number of hydrogen-bond acceptors (Lipinski definition) is 2. The van der Waals surface area contributed by atoms with Crippen LogP contribution in [0.3, 0.4) is 0 Å². The van der Waals surface area contributed by atoms with E-state index in [2.05, 4.69) is 11.8 Å². The Bertz CT molecular complexity index is 280.